The van der Waals surface area contributed by atoms with E-state index in [4.69, 9.17) is 19.6 Å². The molecule has 0 bridgehead atoms. The van der Waals surface area contributed by atoms with Gasteiger partial charge in [0.15, 0.2) is 5.82 Å². The number of aromatic nitrogens is 3. The molecule has 2 aromatic heterocycles. The van der Waals surface area contributed by atoms with E-state index < -0.39 is 11.8 Å². The van der Waals surface area contributed by atoms with Gasteiger partial charge >= 0.3 is 0 Å². The molecule has 6 rings (SSSR count). The first-order chi connectivity index (χ1) is 20.7. The van der Waals surface area contributed by atoms with Crippen molar-refractivity contribution in [2.45, 2.75) is 77.4 Å². The Labute approximate surface area is 253 Å². The van der Waals surface area contributed by atoms with Crippen LogP contribution in [-0.2, 0) is 9.59 Å². The van der Waals surface area contributed by atoms with Crippen LogP contribution in [0.15, 0.2) is 42.6 Å². The lowest BCUT2D eigenvalue weighted by atomic mass is 9.93. The van der Waals surface area contributed by atoms with Crippen molar-refractivity contribution in [2.24, 2.45) is 17.8 Å². The minimum absolute atomic E-state index is 0.0322. The van der Waals surface area contributed by atoms with E-state index in [1.807, 2.05) is 49.3 Å². The largest absolute Gasteiger partial charge is 0.496 e. The molecule has 1 unspecified atom stereocenters. The Morgan fingerprint density at radius 2 is 1.86 bits per heavy atom. The summed E-state index contributed by atoms with van der Waals surface area (Å²) in [5, 5.41) is 8.85. The number of nitrogens with one attached hydrogen (secondary N) is 1. The Bertz CT molecular complexity index is 1550. The van der Waals surface area contributed by atoms with Crippen LogP contribution in [-0.4, -0.2) is 64.3 Å². The minimum Gasteiger partial charge on any atom is -0.496 e. The predicted octanol–water partition coefficient (Wildman–Crippen LogP) is 5.34. The number of ether oxygens (including phenoxy) is 2. The van der Waals surface area contributed by atoms with Gasteiger partial charge in [-0.3, -0.25) is 9.59 Å². The fourth-order valence-corrected chi connectivity index (χ4v) is 6.56. The maximum Gasteiger partial charge on any atom is 0.226 e. The number of allylic oxidation sites excluding steroid dienone is 1. The molecule has 3 heterocycles. The second kappa shape index (κ2) is 12.0. The van der Waals surface area contributed by atoms with Crippen LogP contribution in [0.1, 0.15) is 69.5 Å². The van der Waals surface area contributed by atoms with Crippen LogP contribution in [0.4, 0.5) is 0 Å². The number of benzene rings is 1. The van der Waals surface area contributed by atoms with Gasteiger partial charge in [-0.25, -0.2) is 9.67 Å². The first-order valence-corrected chi connectivity index (χ1v) is 15.7. The maximum absolute atomic E-state index is 13.7. The molecule has 9 nitrogen and oxygen atoms in total. The summed E-state index contributed by atoms with van der Waals surface area (Å²) in [6.45, 7) is 6.90. The molecule has 3 aliphatic rings. The summed E-state index contributed by atoms with van der Waals surface area (Å²) in [6.07, 6.45) is 11.0. The lowest BCUT2D eigenvalue weighted by Gasteiger charge is -2.24. The van der Waals surface area contributed by atoms with Crippen molar-refractivity contribution in [3.8, 4) is 17.3 Å². The third-order valence-electron chi connectivity index (χ3n) is 9.30. The molecule has 2 amide bonds. The molecular weight excluding hydrogens is 542 g/mol. The van der Waals surface area contributed by atoms with E-state index >= 15 is 0 Å². The molecule has 0 radical (unpaired) electrons. The number of nitrogens with zero attached hydrogens (tertiary/aromatic N) is 4. The molecule has 228 valence electrons. The summed E-state index contributed by atoms with van der Waals surface area (Å²) in [6, 6.07) is 7.97. The maximum atomic E-state index is 13.7. The Kier molecular flexibility index (Phi) is 8.16. The molecule has 2 aliphatic carbocycles. The lowest BCUT2D eigenvalue weighted by molar-refractivity contribution is -0.139. The van der Waals surface area contributed by atoms with Crippen LogP contribution in [0.5, 0.6) is 11.5 Å². The number of hydrogen-bond donors (Lipinski definition) is 1. The van der Waals surface area contributed by atoms with Gasteiger partial charge in [0.2, 0.25) is 11.8 Å². The van der Waals surface area contributed by atoms with Gasteiger partial charge in [0.05, 0.1) is 30.2 Å². The smallest absolute Gasteiger partial charge is 0.226 e. The first-order valence-electron chi connectivity index (χ1n) is 15.7. The summed E-state index contributed by atoms with van der Waals surface area (Å²) >= 11 is 0. The molecule has 43 heavy (non-hydrogen) atoms. The molecule has 0 spiro atoms. The number of pyridine rings is 1. The molecule has 3 aromatic rings. The van der Waals surface area contributed by atoms with Crippen LogP contribution in [0.3, 0.4) is 0 Å². The number of carbonyl (C=O) groups excluding carboxylic acids is 2. The summed E-state index contributed by atoms with van der Waals surface area (Å²) in [4.78, 5) is 34.1. The monoisotopic (exact) mass is 585 g/mol. The number of fused-ring (bicyclic) bond motifs is 3. The number of carbonyl (C=O) groups is 2. The van der Waals surface area contributed by atoms with E-state index in [0.717, 1.165) is 53.6 Å². The quantitative estimate of drug-likeness (QED) is 0.406. The highest BCUT2D eigenvalue weighted by Crippen LogP contribution is 2.41. The van der Waals surface area contributed by atoms with Crippen molar-refractivity contribution in [1.82, 2.24) is 25.0 Å². The van der Waals surface area contributed by atoms with Crippen LogP contribution >= 0.6 is 0 Å². The molecule has 2 fully saturated rings. The van der Waals surface area contributed by atoms with Crippen molar-refractivity contribution in [3.63, 3.8) is 0 Å². The average Bonchev–Trinajstić information content (AvgIpc) is 3.34. The fourth-order valence-electron chi connectivity index (χ4n) is 6.56. The van der Waals surface area contributed by atoms with Crippen molar-refractivity contribution in [2.75, 3.05) is 20.7 Å². The minimum atomic E-state index is -0.428. The van der Waals surface area contributed by atoms with E-state index in [9.17, 15) is 9.59 Å². The second-order valence-electron chi connectivity index (χ2n) is 12.7. The van der Waals surface area contributed by atoms with Gasteiger partial charge in [-0.15, -0.1) is 0 Å². The zero-order valence-electron chi connectivity index (χ0n) is 25.9. The van der Waals surface area contributed by atoms with Crippen LogP contribution < -0.4 is 14.8 Å². The standard InChI is InChI=1S/C34H43N5O4/c1-20(2)27-13-15-39(37-27)31-19-30(24-11-12-29(42-5)21(3)32(24)36-31)43-23-17-25-26(18-23)34(41)38(4)14-9-7-6-8-10-22-16-28(22)35-33(25)40/h8,10-13,15,19-20,22-23,25-26,28H,6-7,9,14,16-18H2,1-5H3,(H,35,40)/b10-8-/t22-,23-,25-,26-,28?/m1/s1. The normalized spacial score (nSPS) is 26.9. The van der Waals surface area contributed by atoms with Crippen LogP contribution in [0.25, 0.3) is 16.7 Å². The van der Waals surface area contributed by atoms with E-state index in [-0.39, 0.29) is 29.9 Å². The Morgan fingerprint density at radius 1 is 1.05 bits per heavy atom. The van der Waals surface area contributed by atoms with Crippen molar-refractivity contribution < 1.29 is 19.1 Å². The molecular formula is C34H43N5O4. The molecule has 1 aromatic carbocycles. The fraction of sp³-hybridized carbons (Fsp3) is 0.529. The molecule has 2 saturated carbocycles. The first kappa shape index (κ1) is 29.2. The number of rotatable bonds is 5. The topological polar surface area (TPSA) is 98.6 Å². The van der Waals surface area contributed by atoms with Crippen molar-refractivity contribution in [3.05, 3.63) is 53.9 Å². The summed E-state index contributed by atoms with van der Waals surface area (Å²) < 4.78 is 14.1. The summed E-state index contributed by atoms with van der Waals surface area (Å²) in [5.74, 6) is 1.89. The summed E-state index contributed by atoms with van der Waals surface area (Å²) in [5.41, 5.74) is 2.66. The van der Waals surface area contributed by atoms with Gasteiger partial charge in [0, 0.05) is 42.8 Å². The number of methoxy groups -OCH3 is 1. The Balaban J connectivity index is 1.32. The highest BCUT2D eigenvalue weighted by atomic mass is 16.5. The van der Waals surface area contributed by atoms with Gasteiger partial charge in [0.25, 0.3) is 0 Å². The third kappa shape index (κ3) is 5.99. The van der Waals surface area contributed by atoms with Crippen LogP contribution in [0.2, 0.25) is 0 Å². The summed E-state index contributed by atoms with van der Waals surface area (Å²) in [7, 11) is 3.51. The number of hydrogen-bond acceptors (Lipinski definition) is 6. The second-order valence-corrected chi connectivity index (χ2v) is 12.7. The highest BCUT2D eigenvalue weighted by Gasteiger charge is 2.47. The van der Waals surface area contributed by atoms with Crippen LogP contribution in [0, 0.1) is 24.7 Å². The zero-order chi connectivity index (χ0) is 30.2. The van der Waals surface area contributed by atoms with Crippen molar-refractivity contribution >= 4 is 22.7 Å². The molecule has 9 heteroatoms. The lowest BCUT2D eigenvalue weighted by Crippen LogP contribution is -2.41. The van der Waals surface area contributed by atoms with Gasteiger partial charge in [-0.2, -0.15) is 5.10 Å². The Hall–Kier alpha value is -3.88. The van der Waals surface area contributed by atoms with E-state index in [2.05, 4.69) is 31.3 Å². The van der Waals surface area contributed by atoms with Gasteiger partial charge in [-0.05, 0) is 75.5 Å². The highest BCUT2D eigenvalue weighted by molar-refractivity contribution is 5.91. The molecule has 1 aliphatic heterocycles. The number of aryl methyl sites for hydroxylation is 1. The van der Waals surface area contributed by atoms with E-state index in [1.165, 1.54) is 0 Å². The molecule has 1 N–H and O–H groups in total. The van der Waals surface area contributed by atoms with Gasteiger partial charge in [-0.1, -0.05) is 26.0 Å². The Morgan fingerprint density at radius 3 is 2.63 bits per heavy atom. The van der Waals surface area contributed by atoms with Crippen molar-refractivity contribution in [1.29, 1.82) is 0 Å². The molecule has 0 saturated heterocycles. The number of amides is 2. The average molecular weight is 586 g/mol. The zero-order valence-corrected chi connectivity index (χ0v) is 25.9. The third-order valence-corrected chi connectivity index (χ3v) is 9.30. The van der Waals surface area contributed by atoms with E-state index in [0.29, 0.717) is 36.9 Å². The van der Waals surface area contributed by atoms with Gasteiger partial charge in [0.1, 0.15) is 17.6 Å². The van der Waals surface area contributed by atoms with E-state index in [1.54, 1.807) is 11.8 Å². The molecule has 5 atom stereocenters. The SMILES string of the molecule is COc1ccc2c(O[C@@H]3C[C@H]4C(=O)NC5C[C@H]5/C=C\CCCCN(C)C(=O)[C@@H]4C3)cc(-n3ccc(C(C)C)n3)nc2c1C. The van der Waals surface area contributed by atoms with Gasteiger partial charge < -0.3 is 19.7 Å². The predicted molar refractivity (Wildman–Crippen MR) is 166 cm³/mol.